The fraction of sp³-hybridized carbons (Fsp3) is 0.400. The van der Waals surface area contributed by atoms with E-state index in [4.69, 9.17) is 4.74 Å². The predicted octanol–water partition coefficient (Wildman–Crippen LogP) is 1.08. The average Bonchev–Trinajstić information content (AvgIpc) is 3.04. The van der Waals surface area contributed by atoms with E-state index in [0.29, 0.717) is 43.1 Å². The maximum absolute atomic E-state index is 13.7. The number of amides is 1. The summed E-state index contributed by atoms with van der Waals surface area (Å²) in [6.45, 7) is 2.59. The number of anilines is 1. The summed E-state index contributed by atoms with van der Waals surface area (Å²) in [5.41, 5.74) is 0.626. The molecule has 128 valence electrons. The maximum Gasteiger partial charge on any atom is 0.232 e. The molecule has 1 aromatic heterocycles. The smallest absolute Gasteiger partial charge is 0.232 e. The Kier molecular flexibility index (Phi) is 5.31. The maximum atomic E-state index is 13.7. The third kappa shape index (κ3) is 3.68. The first-order chi connectivity index (χ1) is 11.7. The van der Waals surface area contributed by atoms with Crippen molar-refractivity contribution >= 4 is 23.6 Å². The van der Waals surface area contributed by atoms with Crippen LogP contribution >= 0.6 is 11.8 Å². The molecule has 1 fully saturated rings. The Bertz CT molecular complexity index is 718. The molecule has 1 aromatic carbocycles. The molecule has 1 aliphatic heterocycles. The van der Waals surface area contributed by atoms with E-state index in [1.807, 2.05) is 4.90 Å². The predicted molar refractivity (Wildman–Crippen MR) is 89.1 cm³/mol. The van der Waals surface area contributed by atoms with Crippen molar-refractivity contribution in [3.05, 3.63) is 30.1 Å². The van der Waals surface area contributed by atoms with Crippen LogP contribution in [0.5, 0.6) is 0 Å². The number of thioether (sulfide) groups is 1. The summed E-state index contributed by atoms with van der Waals surface area (Å²) >= 11 is 1.26. The molecule has 1 saturated heterocycles. The lowest BCUT2D eigenvalue weighted by Gasteiger charge is -2.27. The molecule has 1 aliphatic rings. The SMILES string of the molecule is CNC(=O)CSc1nnc(N2CCOCC2)n1-c1cccc(F)c1. The molecule has 0 saturated carbocycles. The summed E-state index contributed by atoms with van der Waals surface area (Å²) in [6, 6.07) is 6.25. The van der Waals surface area contributed by atoms with Crippen molar-refractivity contribution in [3.8, 4) is 5.69 Å². The minimum absolute atomic E-state index is 0.110. The molecule has 0 spiro atoms. The molecule has 9 heteroatoms. The highest BCUT2D eigenvalue weighted by Gasteiger charge is 2.22. The summed E-state index contributed by atoms with van der Waals surface area (Å²) in [4.78, 5) is 13.6. The van der Waals surface area contributed by atoms with E-state index in [1.165, 1.54) is 23.9 Å². The van der Waals surface area contributed by atoms with Crippen molar-refractivity contribution in [1.29, 1.82) is 0 Å². The van der Waals surface area contributed by atoms with Crippen LogP contribution in [0.15, 0.2) is 29.4 Å². The van der Waals surface area contributed by atoms with Crippen LogP contribution in [-0.4, -0.2) is 59.8 Å². The number of carbonyl (C=O) groups is 1. The number of aromatic nitrogens is 3. The van der Waals surface area contributed by atoms with Gasteiger partial charge in [0.1, 0.15) is 5.82 Å². The average molecular weight is 351 g/mol. The number of morpholine rings is 1. The summed E-state index contributed by atoms with van der Waals surface area (Å²) < 4.78 is 20.8. The van der Waals surface area contributed by atoms with Crippen LogP contribution in [0.3, 0.4) is 0 Å². The van der Waals surface area contributed by atoms with Gasteiger partial charge in [0, 0.05) is 20.1 Å². The zero-order valence-electron chi connectivity index (χ0n) is 13.2. The minimum Gasteiger partial charge on any atom is -0.378 e. The van der Waals surface area contributed by atoms with Crippen molar-refractivity contribution in [2.75, 3.05) is 44.0 Å². The lowest BCUT2D eigenvalue weighted by atomic mass is 10.3. The number of nitrogens with one attached hydrogen (secondary N) is 1. The van der Waals surface area contributed by atoms with Crippen molar-refractivity contribution in [1.82, 2.24) is 20.1 Å². The van der Waals surface area contributed by atoms with Gasteiger partial charge in [0.2, 0.25) is 11.9 Å². The van der Waals surface area contributed by atoms with E-state index in [2.05, 4.69) is 15.5 Å². The van der Waals surface area contributed by atoms with E-state index in [9.17, 15) is 9.18 Å². The second-order valence-electron chi connectivity index (χ2n) is 5.16. The third-order valence-corrected chi connectivity index (χ3v) is 4.52. The van der Waals surface area contributed by atoms with E-state index < -0.39 is 0 Å². The molecule has 0 radical (unpaired) electrons. The molecule has 0 atom stereocenters. The van der Waals surface area contributed by atoms with Crippen molar-refractivity contribution < 1.29 is 13.9 Å². The summed E-state index contributed by atoms with van der Waals surface area (Å²) in [5, 5.41) is 11.6. The van der Waals surface area contributed by atoms with Crippen molar-refractivity contribution in [2.45, 2.75) is 5.16 Å². The Hall–Kier alpha value is -2.13. The Morgan fingerprint density at radius 3 is 2.88 bits per heavy atom. The van der Waals surface area contributed by atoms with E-state index >= 15 is 0 Å². The molecule has 1 N–H and O–H groups in total. The van der Waals surface area contributed by atoms with Gasteiger partial charge in [0.05, 0.1) is 24.7 Å². The van der Waals surface area contributed by atoms with Crippen LogP contribution in [0, 0.1) is 5.82 Å². The normalized spacial score (nSPS) is 14.7. The molecule has 3 rings (SSSR count). The summed E-state index contributed by atoms with van der Waals surface area (Å²) in [5.74, 6) is 0.397. The zero-order valence-corrected chi connectivity index (χ0v) is 14.1. The Labute approximate surface area is 143 Å². The molecular formula is C15H18FN5O2S. The molecule has 24 heavy (non-hydrogen) atoms. The van der Waals surface area contributed by atoms with Crippen LogP contribution in [0.4, 0.5) is 10.3 Å². The fourth-order valence-electron chi connectivity index (χ4n) is 2.37. The van der Waals surface area contributed by atoms with Gasteiger partial charge in [0.15, 0.2) is 5.16 Å². The first kappa shape index (κ1) is 16.7. The second kappa shape index (κ2) is 7.63. The largest absolute Gasteiger partial charge is 0.378 e. The highest BCUT2D eigenvalue weighted by Crippen LogP contribution is 2.27. The molecule has 1 amide bonds. The number of halogens is 1. The number of hydrogen-bond donors (Lipinski definition) is 1. The molecule has 2 aromatic rings. The number of carbonyl (C=O) groups excluding carboxylic acids is 1. The van der Waals surface area contributed by atoms with Crippen LogP contribution < -0.4 is 10.2 Å². The van der Waals surface area contributed by atoms with Gasteiger partial charge in [-0.15, -0.1) is 10.2 Å². The highest BCUT2D eigenvalue weighted by atomic mass is 32.2. The Morgan fingerprint density at radius 1 is 1.38 bits per heavy atom. The first-order valence-corrected chi connectivity index (χ1v) is 8.55. The van der Waals surface area contributed by atoms with Crippen LogP contribution in [-0.2, 0) is 9.53 Å². The van der Waals surface area contributed by atoms with Crippen molar-refractivity contribution in [3.63, 3.8) is 0 Å². The van der Waals surface area contributed by atoms with Crippen LogP contribution in [0.25, 0.3) is 5.69 Å². The van der Waals surface area contributed by atoms with E-state index in [-0.39, 0.29) is 17.5 Å². The summed E-state index contributed by atoms with van der Waals surface area (Å²) in [7, 11) is 1.58. The van der Waals surface area contributed by atoms with Gasteiger partial charge in [-0.2, -0.15) is 0 Å². The van der Waals surface area contributed by atoms with Gasteiger partial charge in [-0.1, -0.05) is 17.8 Å². The molecule has 0 unspecified atom stereocenters. The zero-order chi connectivity index (χ0) is 16.9. The monoisotopic (exact) mass is 351 g/mol. The summed E-state index contributed by atoms with van der Waals surface area (Å²) in [6.07, 6.45) is 0. The molecule has 0 bridgehead atoms. The lowest BCUT2D eigenvalue weighted by Crippen LogP contribution is -2.37. The second-order valence-corrected chi connectivity index (χ2v) is 6.10. The van der Waals surface area contributed by atoms with Gasteiger partial charge in [0.25, 0.3) is 0 Å². The molecule has 2 heterocycles. The number of ether oxygens (including phenoxy) is 1. The van der Waals surface area contributed by atoms with E-state index in [0.717, 1.165) is 0 Å². The van der Waals surface area contributed by atoms with Crippen molar-refractivity contribution in [2.24, 2.45) is 0 Å². The number of benzene rings is 1. The topological polar surface area (TPSA) is 72.3 Å². The quantitative estimate of drug-likeness (QED) is 0.813. The Morgan fingerprint density at radius 2 is 2.17 bits per heavy atom. The van der Waals surface area contributed by atoms with Gasteiger partial charge < -0.3 is 15.0 Å². The lowest BCUT2D eigenvalue weighted by molar-refractivity contribution is -0.118. The third-order valence-electron chi connectivity index (χ3n) is 3.59. The minimum atomic E-state index is -0.337. The number of hydrogen-bond acceptors (Lipinski definition) is 6. The van der Waals surface area contributed by atoms with E-state index in [1.54, 1.807) is 23.7 Å². The molecular weight excluding hydrogens is 333 g/mol. The van der Waals surface area contributed by atoms with Gasteiger partial charge in [-0.25, -0.2) is 4.39 Å². The number of nitrogens with zero attached hydrogens (tertiary/aromatic N) is 4. The standard InChI is InChI=1S/C15H18FN5O2S/c1-17-13(22)10-24-15-19-18-14(20-5-7-23-8-6-20)21(15)12-4-2-3-11(16)9-12/h2-4,9H,5-8,10H2,1H3,(H,17,22). The van der Waals surface area contributed by atoms with Crippen LogP contribution in [0.2, 0.25) is 0 Å². The van der Waals surface area contributed by atoms with Gasteiger partial charge in [-0.05, 0) is 18.2 Å². The molecule has 0 aliphatic carbocycles. The highest BCUT2D eigenvalue weighted by molar-refractivity contribution is 7.99. The van der Waals surface area contributed by atoms with Gasteiger partial charge in [-0.3, -0.25) is 9.36 Å². The first-order valence-electron chi connectivity index (χ1n) is 7.56. The molecule has 7 nitrogen and oxygen atoms in total. The number of rotatable bonds is 5. The van der Waals surface area contributed by atoms with Crippen LogP contribution in [0.1, 0.15) is 0 Å². The fourth-order valence-corrected chi connectivity index (χ4v) is 3.19. The van der Waals surface area contributed by atoms with Gasteiger partial charge >= 0.3 is 0 Å². The Balaban J connectivity index is 1.96.